The van der Waals surface area contributed by atoms with Crippen molar-refractivity contribution in [1.29, 1.82) is 0 Å². The molecule has 1 saturated carbocycles. The lowest BCUT2D eigenvalue weighted by atomic mass is 9.67. The predicted octanol–water partition coefficient (Wildman–Crippen LogP) is 2.23. The summed E-state index contributed by atoms with van der Waals surface area (Å²) in [7, 11) is 0. The Hall–Kier alpha value is -0.640. The molecule has 96 valence electrons. The lowest BCUT2D eigenvalue weighted by molar-refractivity contribution is -0.148. The summed E-state index contributed by atoms with van der Waals surface area (Å²) in [5.41, 5.74) is 5.31. The Morgan fingerprint density at radius 2 is 1.76 bits per heavy atom. The van der Waals surface area contributed by atoms with Crippen molar-refractivity contribution in [2.75, 3.05) is 0 Å². The second kappa shape index (κ2) is 4.56. The number of nitrogens with two attached hydrogens (primary N) is 1. The Bertz CT molecular complexity index is 328. The average molecular weight is 254 g/mol. The first-order valence-corrected chi connectivity index (χ1v) is 7.02. The van der Waals surface area contributed by atoms with Gasteiger partial charge in [0, 0.05) is 12.1 Å². The molecule has 1 aliphatic heterocycles. The van der Waals surface area contributed by atoms with Gasteiger partial charge in [-0.3, -0.25) is 4.79 Å². The third-order valence-electron chi connectivity index (χ3n) is 4.52. The van der Waals surface area contributed by atoms with Crippen LogP contribution >= 0.6 is 12.2 Å². The minimum atomic E-state index is -0.505. The molecule has 1 amide bonds. The molecule has 1 saturated heterocycles. The first-order chi connectivity index (χ1) is 7.99. The molecule has 2 atom stereocenters. The molecular weight excluding hydrogens is 232 g/mol. The van der Waals surface area contributed by atoms with E-state index in [0.717, 1.165) is 32.1 Å². The molecule has 0 spiro atoms. The van der Waals surface area contributed by atoms with Crippen LogP contribution in [0.2, 0.25) is 0 Å². The topological polar surface area (TPSA) is 46.3 Å². The smallest absolute Gasteiger partial charge is 0.236 e. The first kappa shape index (κ1) is 12.8. The fourth-order valence-electron chi connectivity index (χ4n) is 3.16. The van der Waals surface area contributed by atoms with Gasteiger partial charge in [0.1, 0.15) is 0 Å². The Morgan fingerprint density at radius 3 is 2.12 bits per heavy atom. The fraction of sp³-hybridized carbons (Fsp3) is 0.846. The standard InChI is InChI=1S/C13H22N2OS/c1-9-5-3-6-10(2)15(9)12(16)13(11(14)17)7-4-8-13/h9-10H,3-8H2,1-2H3,(H2,14,17)/t9-,10+. The van der Waals surface area contributed by atoms with Crippen molar-refractivity contribution in [3.05, 3.63) is 0 Å². The number of carbonyl (C=O) groups excluding carboxylic acids is 1. The van der Waals surface area contributed by atoms with E-state index in [1.54, 1.807) is 0 Å². The van der Waals surface area contributed by atoms with E-state index in [1.165, 1.54) is 6.42 Å². The highest BCUT2D eigenvalue weighted by Gasteiger charge is 2.50. The molecule has 0 unspecified atom stereocenters. The van der Waals surface area contributed by atoms with Gasteiger partial charge in [0.15, 0.2) is 0 Å². The summed E-state index contributed by atoms with van der Waals surface area (Å²) in [4.78, 5) is 15.2. The van der Waals surface area contributed by atoms with Gasteiger partial charge in [-0.1, -0.05) is 18.6 Å². The number of rotatable bonds is 2. The summed E-state index contributed by atoms with van der Waals surface area (Å²) in [6, 6.07) is 0.663. The van der Waals surface area contributed by atoms with Crippen molar-refractivity contribution in [2.45, 2.75) is 64.5 Å². The number of amides is 1. The first-order valence-electron chi connectivity index (χ1n) is 6.62. The molecule has 0 radical (unpaired) electrons. The molecule has 2 aliphatic rings. The van der Waals surface area contributed by atoms with E-state index in [0.29, 0.717) is 17.1 Å². The number of carbonyl (C=O) groups is 1. The molecule has 0 aromatic rings. The molecule has 1 heterocycles. The van der Waals surface area contributed by atoms with E-state index in [-0.39, 0.29) is 5.91 Å². The maximum atomic E-state index is 12.7. The van der Waals surface area contributed by atoms with Crippen LogP contribution < -0.4 is 5.73 Å². The highest BCUT2D eigenvalue weighted by molar-refractivity contribution is 7.80. The normalized spacial score (nSPS) is 31.8. The lowest BCUT2D eigenvalue weighted by Gasteiger charge is -2.48. The van der Waals surface area contributed by atoms with Gasteiger partial charge in [-0.2, -0.15) is 0 Å². The van der Waals surface area contributed by atoms with Gasteiger partial charge in [0.2, 0.25) is 5.91 Å². The van der Waals surface area contributed by atoms with Crippen LogP contribution in [0.5, 0.6) is 0 Å². The molecule has 3 nitrogen and oxygen atoms in total. The minimum Gasteiger partial charge on any atom is -0.392 e. The van der Waals surface area contributed by atoms with Crippen LogP contribution in [0.3, 0.4) is 0 Å². The molecule has 2 N–H and O–H groups in total. The summed E-state index contributed by atoms with van der Waals surface area (Å²) in [6.45, 7) is 4.28. The minimum absolute atomic E-state index is 0.191. The fourth-order valence-corrected chi connectivity index (χ4v) is 3.46. The van der Waals surface area contributed by atoms with E-state index in [2.05, 4.69) is 13.8 Å². The summed E-state index contributed by atoms with van der Waals surface area (Å²) < 4.78 is 0. The van der Waals surface area contributed by atoms with Crippen molar-refractivity contribution in [3.8, 4) is 0 Å². The van der Waals surface area contributed by atoms with Gasteiger partial charge in [-0.25, -0.2) is 0 Å². The molecular formula is C13H22N2OS. The van der Waals surface area contributed by atoms with Crippen LogP contribution in [0.15, 0.2) is 0 Å². The summed E-state index contributed by atoms with van der Waals surface area (Å²) in [5.74, 6) is 0.191. The molecule has 0 aromatic carbocycles. The van der Waals surface area contributed by atoms with Crippen LogP contribution in [0.1, 0.15) is 52.4 Å². The van der Waals surface area contributed by atoms with Crippen molar-refractivity contribution >= 4 is 23.1 Å². The number of thiocarbonyl (C=S) groups is 1. The predicted molar refractivity (Wildman–Crippen MR) is 72.7 cm³/mol. The zero-order valence-electron chi connectivity index (χ0n) is 10.7. The van der Waals surface area contributed by atoms with Crippen molar-refractivity contribution < 1.29 is 4.79 Å². The van der Waals surface area contributed by atoms with Crippen LogP contribution in [-0.2, 0) is 4.79 Å². The Morgan fingerprint density at radius 1 is 1.24 bits per heavy atom. The second-order valence-electron chi connectivity index (χ2n) is 5.64. The van der Waals surface area contributed by atoms with E-state index >= 15 is 0 Å². The Labute approximate surface area is 109 Å². The highest BCUT2D eigenvalue weighted by Crippen LogP contribution is 2.44. The lowest BCUT2D eigenvalue weighted by Crippen LogP contribution is -2.59. The Balaban J connectivity index is 2.20. The van der Waals surface area contributed by atoms with Gasteiger partial charge in [-0.15, -0.1) is 0 Å². The monoisotopic (exact) mass is 254 g/mol. The van der Waals surface area contributed by atoms with E-state index in [4.69, 9.17) is 18.0 Å². The number of likely N-dealkylation sites (tertiary alicyclic amines) is 1. The van der Waals surface area contributed by atoms with Gasteiger partial charge < -0.3 is 10.6 Å². The second-order valence-corrected chi connectivity index (χ2v) is 6.08. The van der Waals surface area contributed by atoms with E-state index in [1.807, 2.05) is 4.90 Å². The Kier molecular flexibility index (Phi) is 3.43. The molecule has 0 bridgehead atoms. The number of hydrogen-bond donors (Lipinski definition) is 1. The summed E-state index contributed by atoms with van der Waals surface area (Å²) >= 11 is 5.13. The van der Waals surface area contributed by atoms with Gasteiger partial charge in [-0.05, 0) is 46.0 Å². The molecule has 1 aliphatic carbocycles. The zero-order chi connectivity index (χ0) is 12.6. The molecule has 17 heavy (non-hydrogen) atoms. The van der Waals surface area contributed by atoms with Crippen molar-refractivity contribution in [3.63, 3.8) is 0 Å². The zero-order valence-corrected chi connectivity index (χ0v) is 11.6. The SMILES string of the molecule is C[C@@H]1CCC[C@H](C)N1C(=O)C1(C(N)=S)CCC1. The highest BCUT2D eigenvalue weighted by atomic mass is 32.1. The quantitative estimate of drug-likeness (QED) is 0.769. The molecule has 2 rings (SSSR count). The summed E-state index contributed by atoms with van der Waals surface area (Å²) in [6.07, 6.45) is 6.17. The summed E-state index contributed by atoms with van der Waals surface area (Å²) in [5, 5.41) is 0. The number of nitrogens with zero attached hydrogens (tertiary/aromatic N) is 1. The van der Waals surface area contributed by atoms with Gasteiger partial charge in [0.25, 0.3) is 0 Å². The van der Waals surface area contributed by atoms with Crippen molar-refractivity contribution in [2.24, 2.45) is 11.1 Å². The number of hydrogen-bond acceptors (Lipinski definition) is 2. The molecule has 0 aromatic heterocycles. The third kappa shape index (κ3) is 1.96. The molecule has 4 heteroatoms. The van der Waals surface area contributed by atoms with E-state index in [9.17, 15) is 4.79 Å². The van der Waals surface area contributed by atoms with Crippen LogP contribution in [0.25, 0.3) is 0 Å². The van der Waals surface area contributed by atoms with Crippen LogP contribution in [0, 0.1) is 5.41 Å². The van der Waals surface area contributed by atoms with E-state index < -0.39 is 5.41 Å². The average Bonchev–Trinajstić information content (AvgIpc) is 2.14. The maximum absolute atomic E-state index is 12.7. The van der Waals surface area contributed by atoms with Crippen LogP contribution in [0.4, 0.5) is 0 Å². The maximum Gasteiger partial charge on any atom is 0.236 e. The molecule has 2 fully saturated rings. The van der Waals surface area contributed by atoms with Crippen LogP contribution in [-0.4, -0.2) is 27.9 Å². The number of piperidine rings is 1. The van der Waals surface area contributed by atoms with Gasteiger partial charge in [0.05, 0.1) is 10.4 Å². The van der Waals surface area contributed by atoms with Gasteiger partial charge >= 0.3 is 0 Å². The largest absolute Gasteiger partial charge is 0.392 e. The van der Waals surface area contributed by atoms with Crippen molar-refractivity contribution in [1.82, 2.24) is 4.90 Å². The third-order valence-corrected chi connectivity index (χ3v) is 4.91.